The molecule has 6 rings (SSSR count). The van der Waals surface area contributed by atoms with Crippen LogP contribution in [-0.4, -0.2) is 18.9 Å². The fourth-order valence-corrected chi connectivity index (χ4v) is 11.5. The molecule has 0 atom stereocenters. The summed E-state index contributed by atoms with van der Waals surface area (Å²) >= 11 is 0. The lowest BCUT2D eigenvalue weighted by molar-refractivity contribution is 0.0693. The van der Waals surface area contributed by atoms with Crippen LogP contribution in [0.1, 0.15) is 67.4 Å². The average molecular weight is 556 g/mol. The van der Waals surface area contributed by atoms with Gasteiger partial charge >= 0.3 is 0 Å². The van der Waals surface area contributed by atoms with E-state index in [9.17, 15) is 14.9 Å². The van der Waals surface area contributed by atoms with E-state index >= 15 is 0 Å². The minimum absolute atomic E-state index is 0.277. The fraction of sp³-hybridized carbons (Fsp3) is 0.297. The second-order valence-electron chi connectivity index (χ2n) is 12.8. The van der Waals surface area contributed by atoms with Crippen molar-refractivity contribution >= 4 is 24.5 Å². The number of hydrogen-bond donors (Lipinski definition) is 1. The first-order chi connectivity index (χ1) is 19.8. The Morgan fingerprint density at radius 3 is 2.07 bits per heavy atom. The molecule has 0 saturated heterocycles. The lowest BCUT2D eigenvalue weighted by atomic mass is 9.67. The van der Waals surface area contributed by atoms with Gasteiger partial charge in [0.25, 0.3) is 8.32 Å². The van der Waals surface area contributed by atoms with Crippen molar-refractivity contribution < 1.29 is 9.59 Å². The molecule has 0 aliphatic heterocycles. The molecule has 0 radical (unpaired) electrons. The van der Waals surface area contributed by atoms with Crippen LogP contribution in [-0.2, 0) is 6.42 Å². The Kier molecular flexibility index (Phi) is 7.06. The van der Waals surface area contributed by atoms with Crippen LogP contribution in [0.5, 0.6) is 0 Å². The minimum atomic E-state index is -3.05. The molecule has 0 amide bonds. The molecule has 1 spiro atoms. The molecule has 4 aromatic rings. The van der Waals surface area contributed by atoms with Crippen LogP contribution < -0.4 is 10.4 Å². The second kappa shape index (κ2) is 10.6. The zero-order valence-corrected chi connectivity index (χ0v) is 24.9. The van der Waals surface area contributed by atoms with Crippen molar-refractivity contribution in [3.63, 3.8) is 0 Å². The topological polar surface area (TPSA) is 61.1 Å². The first kappa shape index (κ1) is 27.4. The van der Waals surface area contributed by atoms with Crippen molar-refractivity contribution in [2.24, 2.45) is 11.3 Å². The number of nitriles is 1. The average Bonchev–Trinajstić information content (AvgIpc) is 3.28. The Morgan fingerprint density at radius 1 is 0.854 bits per heavy atom. The number of nitrogens with zero attached hydrogens (tertiary/aromatic N) is 1. The molecule has 2 aliphatic carbocycles. The number of rotatable bonds is 6. The fourth-order valence-electron chi connectivity index (χ4n) is 7.63. The molecule has 1 N–H and O–H groups in total. The molecule has 206 valence electrons. The summed E-state index contributed by atoms with van der Waals surface area (Å²) < 4.78 is 0. The van der Waals surface area contributed by atoms with Crippen LogP contribution in [0.25, 0.3) is 11.1 Å². The Hall–Kier alpha value is -3.78. The molecular weight excluding hydrogens is 518 g/mol. The van der Waals surface area contributed by atoms with Gasteiger partial charge in [0, 0.05) is 11.0 Å². The van der Waals surface area contributed by atoms with Gasteiger partial charge in [-0.2, -0.15) is 5.26 Å². The van der Waals surface area contributed by atoms with Crippen molar-refractivity contribution in [2.45, 2.75) is 57.4 Å². The highest BCUT2D eigenvalue weighted by atomic mass is 28.4. The van der Waals surface area contributed by atoms with E-state index in [0.29, 0.717) is 17.3 Å². The van der Waals surface area contributed by atoms with Crippen LogP contribution in [0.15, 0.2) is 103 Å². The van der Waals surface area contributed by atoms with E-state index < -0.39 is 8.32 Å². The highest BCUT2D eigenvalue weighted by Gasteiger charge is 2.52. The third-order valence-corrected chi connectivity index (χ3v) is 14.4. The minimum Gasteiger partial charge on any atom is -0.424 e. The van der Waals surface area contributed by atoms with Gasteiger partial charge in [-0.25, -0.2) is 0 Å². The second-order valence-corrected chi connectivity index (χ2v) is 16.8. The van der Waals surface area contributed by atoms with E-state index in [-0.39, 0.29) is 10.5 Å². The van der Waals surface area contributed by atoms with Gasteiger partial charge in [0.1, 0.15) is 0 Å². The van der Waals surface area contributed by atoms with Crippen molar-refractivity contribution in [1.82, 2.24) is 0 Å². The summed E-state index contributed by atoms with van der Waals surface area (Å²) in [6.07, 6.45) is 5.58. The van der Waals surface area contributed by atoms with Gasteiger partial charge in [0.15, 0.2) is 5.78 Å². The summed E-state index contributed by atoms with van der Waals surface area (Å²) in [5.41, 5.74) is 4.31. The smallest absolute Gasteiger partial charge is 0.258 e. The maximum Gasteiger partial charge on any atom is 0.258 e. The lowest BCUT2D eigenvalue weighted by Gasteiger charge is -2.45. The van der Waals surface area contributed by atoms with Crippen LogP contribution in [0.2, 0.25) is 5.04 Å². The lowest BCUT2D eigenvalue weighted by Crippen LogP contribution is -2.65. The van der Waals surface area contributed by atoms with E-state index in [1.165, 1.54) is 0 Å². The van der Waals surface area contributed by atoms with E-state index in [4.69, 9.17) is 0 Å². The van der Waals surface area contributed by atoms with Crippen molar-refractivity contribution in [1.29, 1.82) is 5.26 Å². The van der Waals surface area contributed by atoms with Crippen LogP contribution >= 0.6 is 0 Å². The first-order valence-corrected chi connectivity index (χ1v) is 16.7. The SMILES string of the molecule is CC(C)(CC1CCC2(CC1)Cc1ccc(-c3cccc(C#N)c3)cc1C2=O)[Si](O)(c1ccccc1)c1ccccc1. The van der Waals surface area contributed by atoms with Gasteiger partial charge in [-0.15, -0.1) is 0 Å². The van der Waals surface area contributed by atoms with Gasteiger partial charge in [-0.3, -0.25) is 4.79 Å². The quantitative estimate of drug-likeness (QED) is 0.259. The zero-order valence-electron chi connectivity index (χ0n) is 23.9. The predicted molar refractivity (Wildman–Crippen MR) is 168 cm³/mol. The number of fused-ring (bicyclic) bond motifs is 1. The van der Waals surface area contributed by atoms with E-state index in [1.54, 1.807) is 6.07 Å². The van der Waals surface area contributed by atoms with Gasteiger partial charge in [0.2, 0.25) is 0 Å². The van der Waals surface area contributed by atoms with Gasteiger partial charge in [0.05, 0.1) is 11.6 Å². The third-order valence-electron chi connectivity index (χ3n) is 9.91. The molecule has 1 fully saturated rings. The molecule has 0 heterocycles. The number of carbonyl (C=O) groups is 1. The molecule has 41 heavy (non-hydrogen) atoms. The molecule has 0 bridgehead atoms. The monoisotopic (exact) mass is 555 g/mol. The summed E-state index contributed by atoms with van der Waals surface area (Å²) in [5.74, 6) is 0.769. The number of ketones is 1. The van der Waals surface area contributed by atoms with Crippen molar-refractivity contribution in [2.75, 3.05) is 0 Å². The normalized spacial score (nSPS) is 20.5. The Morgan fingerprint density at radius 2 is 1.46 bits per heavy atom. The molecule has 4 heteroatoms. The van der Waals surface area contributed by atoms with Gasteiger partial charge in [-0.05, 0) is 94.7 Å². The van der Waals surface area contributed by atoms with Crippen LogP contribution in [0, 0.1) is 22.7 Å². The summed E-state index contributed by atoms with van der Waals surface area (Å²) in [5, 5.41) is 11.1. The first-order valence-electron chi connectivity index (χ1n) is 14.8. The highest BCUT2D eigenvalue weighted by Crippen LogP contribution is 2.52. The maximum absolute atomic E-state index is 13.9. The van der Waals surface area contributed by atoms with Crippen LogP contribution in [0.4, 0.5) is 0 Å². The molecule has 1 saturated carbocycles. The number of hydrogen-bond acceptors (Lipinski definition) is 3. The summed E-state index contributed by atoms with van der Waals surface area (Å²) in [6.45, 7) is 4.51. The standard InChI is InChI=1S/C37H37NO2Si/c1-36(2,41(40,32-12-5-3-6-13-32)33-14-7-4-8-15-33)24-27-18-20-37(21-19-27)25-31-17-16-30(23-34(31)35(37)39)29-11-9-10-28(22-29)26-38/h3-17,22-23,27,40H,18-21,24-25H2,1-2H3. The van der Waals surface area contributed by atoms with Gasteiger partial charge < -0.3 is 4.80 Å². The number of Topliss-reactive ketones (excluding diaryl/α,β-unsaturated/α-hetero) is 1. The largest absolute Gasteiger partial charge is 0.424 e. The predicted octanol–water partition coefficient (Wildman–Crippen LogP) is 7.06. The maximum atomic E-state index is 13.9. The van der Waals surface area contributed by atoms with Crippen molar-refractivity contribution in [3.05, 3.63) is 120 Å². The molecule has 3 nitrogen and oxygen atoms in total. The molecule has 0 unspecified atom stereocenters. The Balaban J connectivity index is 1.20. The van der Waals surface area contributed by atoms with E-state index in [2.05, 4.69) is 56.3 Å². The molecule has 4 aromatic carbocycles. The molecule has 0 aromatic heterocycles. The number of benzene rings is 4. The molecule has 2 aliphatic rings. The van der Waals surface area contributed by atoms with E-state index in [0.717, 1.165) is 71.2 Å². The number of carbonyl (C=O) groups excluding carboxylic acids is 1. The zero-order chi connectivity index (χ0) is 28.7. The summed E-state index contributed by atoms with van der Waals surface area (Å²) in [7, 11) is -3.05. The summed E-state index contributed by atoms with van der Waals surface area (Å²) in [4.78, 5) is 26.5. The Labute approximate surface area is 244 Å². The van der Waals surface area contributed by atoms with Crippen molar-refractivity contribution in [3.8, 4) is 17.2 Å². The van der Waals surface area contributed by atoms with Gasteiger partial charge in [-0.1, -0.05) is 98.8 Å². The molecular formula is C37H37NO2Si. The van der Waals surface area contributed by atoms with Crippen LogP contribution in [0.3, 0.4) is 0 Å². The Bertz CT molecular complexity index is 1570. The highest BCUT2D eigenvalue weighted by molar-refractivity contribution is 6.98. The third kappa shape index (κ3) is 4.78. The summed E-state index contributed by atoms with van der Waals surface area (Å²) in [6, 6.07) is 36.6. The van der Waals surface area contributed by atoms with E-state index in [1.807, 2.05) is 60.7 Å².